The van der Waals surface area contributed by atoms with E-state index in [0.717, 1.165) is 37.0 Å². The summed E-state index contributed by atoms with van der Waals surface area (Å²) in [5, 5.41) is 11.1. The van der Waals surface area contributed by atoms with E-state index in [-0.39, 0.29) is 11.7 Å². The van der Waals surface area contributed by atoms with E-state index in [0.29, 0.717) is 5.02 Å². The van der Waals surface area contributed by atoms with Gasteiger partial charge in [0, 0.05) is 6.04 Å². The van der Waals surface area contributed by atoms with Crippen molar-refractivity contribution in [2.45, 2.75) is 25.1 Å². The number of aromatic amines is 1. The first-order valence-electron chi connectivity index (χ1n) is 7.11. The molecule has 2 aromatic rings. The average molecular weight is 366 g/mol. The largest absolute Gasteiger partial charge is 0.490 e. The Morgan fingerprint density at radius 3 is 2.42 bits per heavy atom. The van der Waals surface area contributed by atoms with Crippen LogP contribution >= 0.6 is 11.6 Å². The zero-order chi connectivity index (χ0) is 17.9. The standard InChI is InChI=1S/C12H14ClN3O.C2HF3O2/c13-9-2-1-3-10-11(9)16(12(17)15-10)8-4-6-14-7-5-8;3-2(4,5)1(6)7/h1-3,8,14H,4-7H2,(H,15,17);(H,6,7). The van der Waals surface area contributed by atoms with Crippen molar-refractivity contribution in [3.05, 3.63) is 33.7 Å². The van der Waals surface area contributed by atoms with Crippen molar-refractivity contribution < 1.29 is 23.1 Å². The van der Waals surface area contributed by atoms with Crippen molar-refractivity contribution in [3.63, 3.8) is 0 Å². The summed E-state index contributed by atoms with van der Waals surface area (Å²) >= 11 is 6.20. The Bertz CT molecular complexity index is 779. The molecule has 1 aliphatic rings. The molecule has 0 aliphatic carbocycles. The summed E-state index contributed by atoms with van der Waals surface area (Å²) in [6.45, 7) is 1.91. The first-order chi connectivity index (χ1) is 11.2. The number of piperidine rings is 1. The van der Waals surface area contributed by atoms with Gasteiger partial charge in [0.2, 0.25) is 0 Å². The second kappa shape index (κ2) is 7.27. The lowest BCUT2D eigenvalue weighted by Crippen LogP contribution is -2.33. The van der Waals surface area contributed by atoms with Crippen LogP contribution in [0, 0.1) is 0 Å². The summed E-state index contributed by atoms with van der Waals surface area (Å²) < 4.78 is 33.6. The fourth-order valence-electron chi connectivity index (χ4n) is 2.55. The molecule has 3 rings (SSSR count). The van der Waals surface area contributed by atoms with E-state index in [4.69, 9.17) is 21.5 Å². The number of nitrogens with one attached hydrogen (secondary N) is 2. The zero-order valence-corrected chi connectivity index (χ0v) is 13.1. The van der Waals surface area contributed by atoms with Crippen molar-refractivity contribution in [2.75, 3.05) is 13.1 Å². The molecule has 24 heavy (non-hydrogen) atoms. The average Bonchev–Trinajstić information content (AvgIpc) is 2.85. The number of carbonyl (C=O) groups is 1. The monoisotopic (exact) mass is 365 g/mol. The van der Waals surface area contributed by atoms with Crippen molar-refractivity contribution in [1.29, 1.82) is 0 Å². The van der Waals surface area contributed by atoms with Gasteiger partial charge in [-0.15, -0.1) is 0 Å². The van der Waals surface area contributed by atoms with Gasteiger partial charge in [-0.05, 0) is 38.1 Å². The number of nitrogens with zero attached hydrogens (tertiary/aromatic N) is 1. The fraction of sp³-hybridized carbons (Fsp3) is 0.429. The quantitative estimate of drug-likeness (QED) is 0.724. The molecule has 1 aromatic heterocycles. The first-order valence-corrected chi connectivity index (χ1v) is 7.49. The summed E-state index contributed by atoms with van der Waals surface area (Å²) in [6.07, 6.45) is -3.14. The zero-order valence-electron chi connectivity index (χ0n) is 12.4. The lowest BCUT2D eigenvalue weighted by atomic mass is 10.1. The second-order valence-corrected chi connectivity index (χ2v) is 5.63. The first kappa shape index (κ1) is 18.3. The normalized spacial score (nSPS) is 15.8. The second-order valence-electron chi connectivity index (χ2n) is 5.22. The third kappa shape index (κ3) is 4.09. The number of benzene rings is 1. The summed E-state index contributed by atoms with van der Waals surface area (Å²) in [5.74, 6) is -2.76. The summed E-state index contributed by atoms with van der Waals surface area (Å²) in [4.78, 5) is 23.8. The van der Waals surface area contributed by atoms with Crippen LogP contribution in [-0.4, -0.2) is 39.9 Å². The minimum atomic E-state index is -5.08. The number of imidazole rings is 1. The van der Waals surface area contributed by atoms with Gasteiger partial charge in [-0.1, -0.05) is 17.7 Å². The van der Waals surface area contributed by atoms with Crippen LogP contribution in [0.25, 0.3) is 11.0 Å². The SMILES string of the molecule is O=C(O)C(F)(F)F.O=c1[nH]c2cccc(Cl)c2n1C1CCNCC1. The molecule has 2 heterocycles. The Morgan fingerprint density at radius 2 is 1.88 bits per heavy atom. The molecular weight excluding hydrogens is 351 g/mol. The van der Waals surface area contributed by atoms with Crippen molar-refractivity contribution in [3.8, 4) is 0 Å². The van der Waals surface area contributed by atoms with Crippen LogP contribution in [-0.2, 0) is 4.79 Å². The Labute approximate surface area is 139 Å². The van der Waals surface area contributed by atoms with Crippen LogP contribution in [0.3, 0.4) is 0 Å². The van der Waals surface area contributed by atoms with Gasteiger partial charge in [-0.3, -0.25) is 4.57 Å². The molecule has 0 amide bonds. The van der Waals surface area contributed by atoms with E-state index in [1.165, 1.54) is 0 Å². The molecule has 1 saturated heterocycles. The maximum atomic E-state index is 12.0. The maximum absolute atomic E-state index is 12.0. The van der Waals surface area contributed by atoms with Crippen molar-refractivity contribution >= 4 is 28.6 Å². The molecular formula is C14H15ClF3N3O3. The highest BCUT2D eigenvalue weighted by Crippen LogP contribution is 2.26. The predicted molar refractivity (Wildman–Crippen MR) is 82.4 cm³/mol. The van der Waals surface area contributed by atoms with E-state index in [1.54, 1.807) is 0 Å². The van der Waals surface area contributed by atoms with Gasteiger partial charge in [-0.25, -0.2) is 9.59 Å². The number of rotatable bonds is 1. The molecule has 0 bridgehead atoms. The number of para-hydroxylation sites is 1. The van der Waals surface area contributed by atoms with Gasteiger partial charge in [0.1, 0.15) is 0 Å². The number of hydrogen-bond donors (Lipinski definition) is 3. The van der Waals surface area contributed by atoms with Crippen LogP contribution in [0.5, 0.6) is 0 Å². The van der Waals surface area contributed by atoms with E-state index < -0.39 is 12.1 Å². The molecule has 1 aliphatic heterocycles. The van der Waals surface area contributed by atoms with Crippen LogP contribution in [0.1, 0.15) is 18.9 Å². The number of H-pyrrole nitrogens is 1. The fourth-order valence-corrected chi connectivity index (χ4v) is 2.82. The van der Waals surface area contributed by atoms with Gasteiger partial charge < -0.3 is 15.4 Å². The predicted octanol–water partition coefficient (Wildman–Crippen LogP) is 2.54. The third-order valence-electron chi connectivity index (χ3n) is 3.60. The summed E-state index contributed by atoms with van der Waals surface area (Å²) in [6, 6.07) is 5.82. The Balaban J connectivity index is 0.000000256. The molecule has 132 valence electrons. The molecule has 6 nitrogen and oxygen atoms in total. The number of carboxylic acid groups (broad SMARTS) is 1. The minimum Gasteiger partial charge on any atom is -0.475 e. The maximum Gasteiger partial charge on any atom is 0.490 e. The smallest absolute Gasteiger partial charge is 0.475 e. The van der Waals surface area contributed by atoms with E-state index in [9.17, 15) is 18.0 Å². The van der Waals surface area contributed by atoms with Crippen molar-refractivity contribution in [2.24, 2.45) is 0 Å². The minimum absolute atomic E-state index is 0.0556. The third-order valence-corrected chi connectivity index (χ3v) is 3.91. The molecule has 3 N–H and O–H groups in total. The lowest BCUT2D eigenvalue weighted by molar-refractivity contribution is -0.192. The highest BCUT2D eigenvalue weighted by Gasteiger charge is 2.38. The summed E-state index contributed by atoms with van der Waals surface area (Å²) in [7, 11) is 0. The van der Waals surface area contributed by atoms with Crippen molar-refractivity contribution in [1.82, 2.24) is 14.9 Å². The number of aliphatic carboxylic acids is 1. The number of hydrogen-bond acceptors (Lipinski definition) is 3. The van der Waals surface area contributed by atoms with Gasteiger partial charge in [-0.2, -0.15) is 13.2 Å². The Hall–Kier alpha value is -2.00. The number of aromatic nitrogens is 2. The molecule has 0 radical (unpaired) electrons. The number of alkyl halides is 3. The van der Waals surface area contributed by atoms with E-state index in [2.05, 4.69) is 10.3 Å². The molecule has 0 saturated carbocycles. The molecule has 1 aromatic carbocycles. The Morgan fingerprint density at radius 1 is 1.29 bits per heavy atom. The van der Waals surface area contributed by atoms with Crippen LogP contribution in [0.4, 0.5) is 13.2 Å². The highest BCUT2D eigenvalue weighted by molar-refractivity contribution is 6.34. The summed E-state index contributed by atoms with van der Waals surface area (Å²) in [5.41, 5.74) is 1.60. The topological polar surface area (TPSA) is 87.1 Å². The number of carboxylic acids is 1. The van der Waals surface area contributed by atoms with Gasteiger partial charge in [0.05, 0.1) is 16.1 Å². The van der Waals surface area contributed by atoms with Gasteiger partial charge >= 0.3 is 17.8 Å². The number of fused-ring (bicyclic) bond motifs is 1. The lowest BCUT2D eigenvalue weighted by Gasteiger charge is -2.24. The van der Waals surface area contributed by atoms with Crippen LogP contribution < -0.4 is 11.0 Å². The van der Waals surface area contributed by atoms with Crippen LogP contribution in [0.15, 0.2) is 23.0 Å². The molecule has 0 unspecified atom stereocenters. The van der Waals surface area contributed by atoms with Crippen LogP contribution in [0.2, 0.25) is 5.02 Å². The molecule has 10 heteroatoms. The number of halogens is 4. The van der Waals surface area contributed by atoms with E-state index >= 15 is 0 Å². The highest BCUT2D eigenvalue weighted by atomic mass is 35.5. The van der Waals surface area contributed by atoms with Gasteiger partial charge in [0.15, 0.2) is 0 Å². The van der Waals surface area contributed by atoms with Gasteiger partial charge in [0.25, 0.3) is 0 Å². The molecule has 1 fully saturated rings. The molecule has 0 spiro atoms. The van der Waals surface area contributed by atoms with E-state index in [1.807, 2.05) is 22.8 Å². The Kier molecular flexibility index (Phi) is 5.55. The molecule has 0 atom stereocenters.